The van der Waals surface area contributed by atoms with E-state index in [4.69, 9.17) is 31.7 Å². The number of hydrogen-bond acceptors (Lipinski definition) is 13. The number of aliphatic imine (C=N–C) groups is 1. The normalized spacial score (nSPS) is 14.2. The smallest absolute Gasteiger partial charge is 0.436 e. The number of nitrogens with two attached hydrogens (primary N) is 3. The molecule has 2 amide bonds. The van der Waals surface area contributed by atoms with E-state index in [1.165, 1.54) is 6.08 Å². The number of nitrogens with zero attached hydrogens (tertiary/aromatic N) is 10. The number of nitrogens with one attached hydrogen (secondary N) is 1. The number of morpholine rings is 1. The Kier molecular flexibility index (Phi) is 13.9. The zero-order chi connectivity index (χ0) is 42.1. The number of hydrogen-bond donors (Lipinski definition) is 4. The number of rotatable bonds is 19. The Bertz CT molecular complexity index is 2410. The third-order valence-electron chi connectivity index (χ3n) is 9.64. The predicted molar refractivity (Wildman–Crippen MR) is 224 cm³/mol. The van der Waals surface area contributed by atoms with Crippen molar-refractivity contribution in [3.8, 4) is 5.75 Å². The molecule has 6 rings (SSSR count). The number of primary amides is 1. The molecule has 0 atom stereocenters. The van der Waals surface area contributed by atoms with Crippen molar-refractivity contribution in [1.82, 2.24) is 38.8 Å². The highest BCUT2D eigenvalue weighted by Crippen LogP contribution is 2.32. The summed E-state index contributed by atoms with van der Waals surface area (Å²) in [5, 5.41) is 7.38. The lowest BCUT2D eigenvalue weighted by atomic mass is 10.1. The standard InChI is InChI=1S/C40H52N14O5/c1-5-44-33(18-26(3)42)38(56)48-39-46-32-20-28(23-41)24-45-37(32)52(39)12-8-7-11-51-35-31(47-40(51)54(57)25-30-19-27(4)49-53(30)6-2)21-29(36(43)55)22-34(35)59-15-9-10-50-13-16-58-17-14-50/h7-8,18-22,24H,5-6,9-17,23,25,41H2,1-4H3,(H4-,42,43,44,46,48,55,56)/p+1/b8-7+. The highest BCUT2D eigenvalue weighted by molar-refractivity contribution is 6.47. The first-order valence-corrected chi connectivity index (χ1v) is 19.7. The fourth-order valence-corrected chi connectivity index (χ4v) is 6.87. The monoisotopic (exact) mass is 809 g/mol. The highest BCUT2D eigenvalue weighted by atomic mass is 16.5. The second kappa shape index (κ2) is 19.4. The summed E-state index contributed by atoms with van der Waals surface area (Å²) in [5.74, 6) is -0.391. The topological polar surface area (TPSA) is 245 Å². The van der Waals surface area contributed by atoms with Gasteiger partial charge in [-0.05, 0) is 74.8 Å². The van der Waals surface area contributed by atoms with Gasteiger partial charge in [0.1, 0.15) is 11.2 Å². The summed E-state index contributed by atoms with van der Waals surface area (Å²) < 4.78 is 18.0. The number of anilines is 1. The molecule has 7 N–H and O–H groups in total. The molecule has 0 saturated carbocycles. The fraction of sp³-hybridized carbons (Fsp3) is 0.425. The lowest BCUT2D eigenvalue weighted by molar-refractivity contribution is -0.490. The van der Waals surface area contributed by atoms with Crippen molar-refractivity contribution in [3.05, 3.63) is 81.8 Å². The Morgan fingerprint density at radius 1 is 1.05 bits per heavy atom. The van der Waals surface area contributed by atoms with E-state index in [0.717, 1.165) is 47.8 Å². The first-order chi connectivity index (χ1) is 28.5. The number of carbonyl (C=O) groups is 2. The second-order valence-electron chi connectivity index (χ2n) is 14.1. The second-order valence-corrected chi connectivity index (χ2v) is 14.1. The van der Waals surface area contributed by atoms with E-state index in [9.17, 15) is 14.5 Å². The average Bonchev–Trinajstić information content (AvgIpc) is 3.89. The number of imidazole rings is 2. The van der Waals surface area contributed by atoms with Crippen LogP contribution in [-0.2, 0) is 42.3 Å². The molecule has 1 aliphatic rings. The number of nitroso groups, excluding NO2 is 1. The van der Waals surface area contributed by atoms with Crippen LogP contribution < -0.4 is 27.3 Å². The van der Waals surface area contributed by atoms with Gasteiger partial charge >= 0.3 is 5.95 Å². The van der Waals surface area contributed by atoms with Gasteiger partial charge in [0, 0.05) is 63.3 Å². The number of carbonyl (C=O) groups excluding carboxylic acids is 2. The Balaban J connectivity index is 1.35. The predicted octanol–water partition coefficient (Wildman–Crippen LogP) is 3.09. The molecule has 19 nitrogen and oxygen atoms in total. The van der Waals surface area contributed by atoms with Crippen LogP contribution in [-0.4, -0.2) is 107 Å². The van der Waals surface area contributed by atoms with Crippen LogP contribution in [0.4, 0.5) is 11.9 Å². The van der Waals surface area contributed by atoms with Crippen LogP contribution >= 0.6 is 0 Å². The number of ether oxygens (including phenoxy) is 2. The number of pyridine rings is 1. The minimum Gasteiger partial charge on any atom is -0.490 e. The number of aryl methyl sites for hydroxylation is 2. The number of benzene rings is 1. The Hall–Kier alpha value is -6.31. The Morgan fingerprint density at radius 2 is 1.81 bits per heavy atom. The largest absolute Gasteiger partial charge is 0.490 e. The van der Waals surface area contributed by atoms with Crippen LogP contribution in [0, 0.1) is 11.8 Å². The van der Waals surface area contributed by atoms with Crippen LogP contribution in [0.5, 0.6) is 5.75 Å². The molecule has 1 aromatic carbocycles. The maximum Gasteiger partial charge on any atom is 0.436 e. The van der Waals surface area contributed by atoms with Crippen molar-refractivity contribution in [2.24, 2.45) is 22.2 Å². The first kappa shape index (κ1) is 42.3. The molecule has 59 heavy (non-hydrogen) atoms. The molecule has 0 spiro atoms. The quantitative estimate of drug-likeness (QED) is 0.0407. The first-order valence-electron chi connectivity index (χ1n) is 19.7. The number of amides is 2. The molecule has 312 valence electrons. The minimum absolute atomic E-state index is 0.0249. The molecule has 5 heterocycles. The lowest BCUT2D eigenvalue weighted by Crippen LogP contribution is -2.37. The van der Waals surface area contributed by atoms with Crippen molar-refractivity contribution in [1.29, 1.82) is 0 Å². The SMILES string of the molecule is CCN=C(/C=C(/C)N)C(=O)Nc1nc2cc(CN)cnc2n1C/C=C/Cn1c([N+](=O)Cc2cc(C)nn2CC)nc2cc(C(N)=O)cc(OCCCN3CCOCC3)c21. The Labute approximate surface area is 341 Å². The van der Waals surface area contributed by atoms with Gasteiger partial charge in [-0.15, -0.1) is 0 Å². The zero-order valence-corrected chi connectivity index (χ0v) is 34.1. The van der Waals surface area contributed by atoms with E-state index in [1.807, 2.05) is 45.1 Å². The van der Waals surface area contributed by atoms with Gasteiger partial charge in [-0.3, -0.25) is 34.0 Å². The van der Waals surface area contributed by atoms with Gasteiger partial charge in [0.2, 0.25) is 11.9 Å². The summed E-state index contributed by atoms with van der Waals surface area (Å²) in [5.41, 5.74) is 22.6. The molecular formula is C40H53N14O5+. The molecule has 19 heteroatoms. The highest BCUT2D eigenvalue weighted by Gasteiger charge is 2.30. The molecule has 0 unspecified atom stereocenters. The molecule has 0 bridgehead atoms. The summed E-state index contributed by atoms with van der Waals surface area (Å²) in [6, 6.07) is 6.86. The van der Waals surface area contributed by atoms with E-state index in [0.29, 0.717) is 66.6 Å². The number of allylic oxidation sites excluding steroid dienone is 3. The Morgan fingerprint density at radius 3 is 2.51 bits per heavy atom. The van der Waals surface area contributed by atoms with Gasteiger partial charge in [0.15, 0.2) is 29.0 Å². The van der Waals surface area contributed by atoms with Crippen LogP contribution in [0.1, 0.15) is 54.5 Å². The summed E-state index contributed by atoms with van der Waals surface area (Å²) in [6.07, 6.45) is 7.65. The fourth-order valence-electron chi connectivity index (χ4n) is 6.87. The van der Waals surface area contributed by atoms with Crippen molar-refractivity contribution in [2.45, 2.75) is 66.8 Å². The van der Waals surface area contributed by atoms with Crippen molar-refractivity contribution < 1.29 is 23.8 Å². The van der Waals surface area contributed by atoms with Crippen molar-refractivity contribution in [3.63, 3.8) is 0 Å². The maximum atomic E-state index is 14.1. The molecule has 0 aliphatic carbocycles. The minimum atomic E-state index is -0.646. The van der Waals surface area contributed by atoms with E-state index in [-0.39, 0.29) is 49.4 Å². The van der Waals surface area contributed by atoms with Crippen molar-refractivity contribution >= 4 is 51.6 Å². The average molecular weight is 810 g/mol. The number of fused-ring (bicyclic) bond motifs is 2. The summed E-state index contributed by atoms with van der Waals surface area (Å²) >= 11 is 0. The van der Waals surface area contributed by atoms with Crippen molar-refractivity contribution in [2.75, 3.05) is 51.3 Å². The summed E-state index contributed by atoms with van der Waals surface area (Å²) in [6.45, 7) is 13.2. The van der Waals surface area contributed by atoms with Crippen LogP contribution in [0.3, 0.4) is 0 Å². The van der Waals surface area contributed by atoms with Gasteiger partial charge in [0.05, 0.1) is 37.8 Å². The van der Waals surface area contributed by atoms with E-state index in [1.54, 1.807) is 39.1 Å². The van der Waals surface area contributed by atoms with Gasteiger partial charge < -0.3 is 26.7 Å². The van der Waals surface area contributed by atoms with Gasteiger partial charge in [-0.1, -0.05) is 22.0 Å². The molecule has 1 aliphatic heterocycles. The van der Waals surface area contributed by atoms with Gasteiger partial charge in [-0.25, -0.2) is 14.5 Å². The lowest BCUT2D eigenvalue weighted by Gasteiger charge is -2.26. The molecule has 1 saturated heterocycles. The van der Waals surface area contributed by atoms with E-state index < -0.39 is 11.8 Å². The summed E-state index contributed by atoms with van der Waals surface area (Å²) in [7, 11) is 0. The zero-order valence-electron chi connectivity index (χ0n) is 34.1. The number of aromatic nitrogens is 7. The van der Waals surface area contributed by atoms with Crippen LogP contribution in [0.15, 0.2) is 59.4 Å². The third-order valence-corrected chi connectivity index (χ3v) is 9.64. The molecular weight excluding hydrogens is 757 g/mol. The maximum absolute atomic E-state index is 14.1. The van der Waals surface area contributed by atoms with Crippen LogP contribution in [0.25, 0.3) is 22.2 Å². The third kappa shape index (κ3) is 10.2. The molecule has 0 radical (unpaired) electrons. The van der Waals surface area contributed by atoms with Crippen LogP contribution in [0.2, 0.25) is 0 Å². The molecule has 1 fully saturated rings. The van der Waals surface area contributed by atoms with E-state index >= 15 is 0 Å². The van der Waals surface area contributed by atoms with E-state index in [2.05, 4.69) is 30.3 Å². The van der Waals surface area contributed by atoms with Gasteiger partial charge in [0.25, 0.3) is 5.91 Å². The summed E-state index contributed by atoms with van der Waals surface area (Å²) in [4.78, 5) is 60.7. The molecule has 4 aromatic heterocycles. The van der Waals surface area contributed by atoms with Gasteiger partial charge in [-0.2, -0.15) is 5.10 Å². The molecule has 5 aromatic rings.